The summed E-state index contributed by atoms with van der Waals surface area (Å²) in [6.45, 7) is 2.18. The van der Waals surface area contributed by atoms with Crippen molar-refractivity contribution in [3.8, 4) is 0 Å². The molecule has 2 N–H and O–H groups in total. The molecule has 2 atom stereocenters. The largest absolute Gasteiger partial charge is 0.397 e. The second kappa shape index (κ2) is 2.63. The number of aliphatic imine (C=N–C) groups is 1. The first-order chi connectivity index (χ1) is 5.79. The molecule has 0 aromatic heterocycles. The molecule has 1 heterocycles. The number of allylic oxidation sites excluding steroid dienone is 4. The zero-order valence-corrected chi connectivity index (χ0v) is 7.07. The minimum Gasteiger partial charge on any atom is -0.397 e. The number of hydrogen-bond donors (Lipinski definition) is 1. The number of dihydropyridines is 1. The third kappa shape index (κ3) is 0.998. The van der Waals surface area contributed by atoms with Gasteiger partial charge in [0.1, 0.15) is 0 Å². The predicted octanol–water partition coefficient (Wildman–Crippen LogP) is 1.62. The molecule has 62 valence electrons. The fourth-order valence-corrected chi connectivity index (χ4v) is 1.62. The minimum absolute atomic E-state index is 0.389. The van der Waals surface area contributed by atoms with Gasteiger partial charge < -0.3 is 5.73 Å². The molecule has 0 aromatic carbocycles. The van der Waals surface area contributed by atoms with Crippen molar-refractivity contribution in [3.63, 3.8) is 0 Å². The van der Waals surface area contributed by atoms with E-state index in [-0.39, 0.29) is 0 Å². The van der Waals surface area contributed by atoms with E-state index in [1.165, 1.54) is 0 Å². The van der Waals surface area contributed by atoms with Gasteiger partial charge in [0.25, 0.3) is 0 Å². The summed E-state index contributed by atoms with van der Waals surface area (Å²) in [7, 11) is 0. The van der Waals surface area contributed by atoms with E-state index < -0.39 is 0 Å². The number of fused-ring (bicyclic) bond motifs is 1. The second-order valence-corrected chi connectivity index (χ2v) is 3.25. The highest BCUT2D eigenvalue weighted by Crippen LogP contribution is 2.31. The van der Waals surface area contributed by atoms with Crippen LogP contribution in [0.4, 0.5) is 0 Å². The van der Waals surface area contributed by atoms with Crippen LogP contribution in [0.25, 0.3) is 0 Å². The molecule has 2 unspecified atom stereocenters. The summed E-state index contributed by atoms with van der Waals surface area (Å²) in [5.74, 6) is 0.904. The monoisotopic (exact) mass is 160 g/mol. The van der Waals surface area contributed by atoms with Crippen LogP contribution in [0.15, 0.2) is 40.7 Å². The third-order valence-electron chi connectivity index (χ3n) is 2.38. The van der Waals surface area contributed by atoms with Gasteiger partial charge in [-0.25, -0.2) is 0 Å². The van der Waals surface area contributed by atoms with Gasteiger partial charge in [0.2, 0.25) is 0 Å². The lowest BCUT2D eigenvalue weighted by molar-refractivity contribution is 0.561. The Balaban J connectivity index is 2.44. The lowest BCUT2D eigenvalue weighted by atomic mass is 9.85. The van der Waals surface area contributed by atoms with Crippen molar-refractivity contribution in [2.24, 2.45) is 22.6 Å². The zero-order chi connectivity index (χ0) is 8.55. The van der Waals surface area contributed by atoms with Crippen molar-refractivity contribution in [1.29, 1.82) is 0 Å². The summed E-state index contributed by atoms with van der Waals surface area (Å²) >= 11 is 0. The first kappa shape index (κ1) is 7.35. The minimum atomic E-state index is 0.389. The lowest BCUT2D eigenvalue weighted by Gasteiger charge is -2.25. The zero-order valence-electron chi connectivity index (χ0n) is 7.07. The molecule has 0 aromatic rings. The highest BCUT2D eigenvalue weighted by molar-refractivity contribution is 5.74. The molecular formula is C10H12N2. The fourth-order valence-electron chi connectivity index (χ4n) is 1.62. The average Bonchev–Trinajstić information content (AvgIpc) is 2.12. The molecule has 0 radical (unpaired) electrons. The molecule has 2 nitrogen and oxygen atoms in total. The van der Waals surface area contributed by atoms with E-state index in [0.717, 1.165) is 11.4 Å². The van der Waals surface area contributed by atoms with Crippen LogP contribution in [0.1, 0.15) is 6.92 Å². The normalized spacial score (nSPS) is 32.4. The first-order valence-corrected chi connectivity index (χ1v) is 4.18. The summed E-state index contributed by atoms with van der Waals surface area (Å²) in [5.41, 5.74) is 7.62. The standard InChI is InChI=1S/C10H12N2/c1-7-4-5-9(11)10-8(7)3-2-6-12-10/h2-8H,11H2,1H3. The lowest BCUT2D eigenvalue weighted by Crippen LogP contribution is -2.19. The third-order valence-corrected chi connectivity index (χ3v) is 2.38. The molecule has 0 saturated carbocycles. The van der Waals surface area contributed by atoms with Gasteiger partial charge >= 0.3 is 0 Å². The topological polar surface area (TPSA) is 38.4 Å². The van der Waals surface area contributed by atoms with Gasteiger partial charge in [-0.05, 0) is 18.1 Å². The Hall–Kier alpha value is -1.31. The molecule has 0 fully saturated rings. The van der Waals surface area contributed by atoms with E-state index in [9.17, 15) is 0 Å². The smallest absolute Gasteiger partial charge is 0.0706 e. The maximum absolute atomic E-state index is 5.80. The van der Waals surface area contributed by atoms with E-state index in [1.54, 1.807) is 6.21 Å². The van der Waals surface area contributed by atoms with Crippen LogP contribution in [0.5, 0.6) is 0 Å². The molecule has 0 amide bonds. The van der Waals surface area contributed by atoms with Crippen molar-refractivity contribution in [1.82, 2.24) is 0 Å². The van der Waals surface area contributed by atoms with Crippen LogP contribution < -0.4 is 5.73 Å². The Morgan fingerprint density at radius 1 is 1.42 bits per heavy atom. The van der Waals surface area contributed by atoms with Crippen LogP contribution in [0.3, 0.4) is 0 Å². The van der Waals surface area contributed by atoms with E-state index in [4.69, 9.17) is 5.73 Å². The number of nitrogens with zero attached hydrogens (tertiary/aromatic N) is 1. The van der Waals surface area contributed by atoms with Crippen LogP contribution in [0, 0.1) is 11.8 Å². The molecule has 0 bridgehead atoms. The summed E-state index contributed by atoms with van der Waals surface area (Å²) in [4.78, 5) is 4.27. The summed E-state index contributed by atoms with van der Waals surface area (Å²) in [5, 5.41) is 0. The quantitative estimate of drug-likeness (QED) is 0.574. The molecule has 2 rings (SSSR count). The predicted molar refractivity (Wildman–Crippen MR) is 50.6 cm³/mol. The molecule has 1 aliphatic carbocycles. The molecular weight excluding hydrogens is 148 g/mol. The maximum atomic E-state index is 5.80. The van der Waals surface area contributed by atoms with Crippen LogP contribution in [-0.4, -0.2) is 6.21 Å². The van der Waals surface area contributed by atoms with Gasteiger partial charge in [-0.3, -0.25) is 4.99 Å². The number of hydrogen-bond acceptors (Lipinski definition) is 2. The molecule has 0 spiro atoms. The van der Waals surface area contributed by atoms with Crippen molar-refractivity contribution in [2.45, 2.75) is 6.92 Å². The van der Waals surface area contributed by atoms with E-state index >= 15 is 0 Å². The Labute approximate surface area is 72.2 Å². The Kier molecular flexibility index (Phi) is 1.61. The van der Waals surface area contributed by atoms with Crippen LogP contribution >= 0.6 is 0 Å². The number of nitrogens with two attached hydrogens (primary N) is 1. The van der Waals surface area contributed by atoms with E-state index in [2.05, 4.69) is 24.1 Å². The van der Waals surface area contributed by atoms with Gasteiger partial charge in [0.15, 0.2) is 0 Å². The van der Waals surface area contributed by atoms with Gasteiger partial charge in [-0.1, -0.05) is 19.1 Å². The van der Waals surface area contributed by atoms with Crippen molar-refractivity contribution in [3.05, 3.63) is 35.7 Å². The average molecular weight is 160 g/mol. The number of rotatable bonds is 0. The Morgan fingerprint density at radius 3 is 3.00 bits per heavy atom. The van der Waals surface area contributed by atoms with Crippen LogP contribution in [0.2, 0.25) is 0 Å². The molecule has 0 saturated heterocycles. The maximum Gasteiger partial charge on any atom is 0.0706 e. The molecule has 12 heavy (non-hydrogen) atoms. The highest BCUT2D eigenvalue weighted by atomic mass is 14.8. The van der Waals surface area contributed by atoms with Crippen molar-refractivity contribution < 1.29 is 0 Å². The van der Waals surface area contributed by atoms with Gasteiger partial charge in [0.05, 0.1) is 11.4 Å². The van der Waals surface area contributed by atoms with Gasteiger partial charge in [0, 0.05) is 12.1 Å². The molecule has 2 heteroatoms. The summed E-state index contributed by atoms with van der Waals surface area (Å²) < 4.78 is 0. The second-order valence-electron chi connectivity index (χ2n) is 3.25. The fraction of sp³-hybridized carbons (Fsp3) is 0.300. The summed E-state index contributed by atoms with van der Waals surface area (Å²) in [6.07, 6.45) is 10.0. The summed E-state index contributed by atoms with van der Waals surface area (Å²) in [6, 6.07) is 0. The van der Waals surface area contributed by atoms with Gasteiger partial charge in [-0.2, -0.15) is 0 Å². The van der Waals surface area contributed by atoms with Crippen LogP contribution in [-0.2, 0) is 0 Å². The molecule has 2 aliphatic rings. The Bertz CT molecular complexity index is 308. The van der Waals surface area contributed by atoms with E-state index in [1.807, 2.05) is 12.2 Å². The Morgan fingerprint density at radius 2 is 2.25 bits per heavy atom. The first-order valence-electron chi connectivity index (χ1n) is 4.18. The highest BCUT2D eigenvalue weighted by Gasteiger charge is 2.22. The van der Waals surface area contributed by atoms with Crippen molar-refractivity contribution >= 4 is 6.21 Å². The SMILES string of the molecule is CC1C=CC(N)=C2N=CC=CC21. The van der Waals surface area contributed by atoms with Crippen molar-refractivity contribution in [2.75, 3.05) is 0 Å². The molecule has 1 aliphatic heterocycles. The van der Waals surface area contributed by atoms with Gasteiger partial charge in [-0.15, -0.1) is 0 Å². The van der Waals surface area contributed by atoms with E-state index in [0.29, 0.717) is 11.8 Å².